The van der Waals surface area contributed by atoms with Gasteiger partial charge in [-0.15, -0.1) is 0 Å². The van der Waals surface area contributed by atoms with E-state index in [-0.39, 0.29) is 11.9 Å². The molecule has 1 N–H and O–H groups in total. The van der Waals surface area contributed by atoms with E-state index in [1.54, 1.807) is 0 Å². The van der Waals surface area contributed by atoms with Crippen LogP contribution in [0.5, 0.6) is 0 Å². The average molecular weight is 243 g/mol. The number of hydrogen-bond donors (Lipinski definition) is 1. The van der Waals surface area contributed by atoms with E-state index in [1.165, 1.54) is 20.3 Å². The highest BCUT2D eigenvalue weighted by Gasteiger charge is 2.03. The average Bonchev–Trinajstić information content (AvgIpc) is 2.24. The van der Waals surface area contributed by atoms with Crippen molar-refractivity contribution in [3.05, 3.63) is 0 Å². The molecule has 0 aromatic carbocycles. The summed E-state index contributed by atoms with van der Waals surface area (Å²) in [6.07, 6.45) is 5.60. The summed E-state index contributed by atoms with van der Waals surface area (Å²) in [6.45, 7) is 6.38. The molecule has 0 spiro atoms. The van der Waals surface area contributed by atoms with Crippen LogP contribution in [0.2, 0.25) is 0 Å². The number of ether oxygens (including phenoxy) is 1. The van der Waals surface area contributed by atoms with Crippen LogP contribution in [0.25, 0.3) is 0 Å². The first-order valence-electron chi connectivity index (χ1n) is 6.40. The molecule has 0 unspecified atom stereocenters. The van der Waals surface area contributed by atoms with Crippen LogP contribution in [0.3, 0.4) is 0 Å². The van der Waals surface area contributed by atoms with Crippen molar-refractivity contribution in [3.63, 3.8) is 0 Å². The van der Waals surface area contributed by atoms with Crippen LogP contribution in [0.1, 0.15) is 52.9 Å². The number of hydrogen-bond acceptors (Lipinski definition) is 3. The normalized spacial score (nSPS) is 11.9. The molecule has 1 amide bonds. The Kier molecular flexibility index (Phi) is 9.49. The molecule has 0 rings (SSSR count). The standard InChI is InChI=1S/C13H25NO3/c1-11(10-17-13(3)16)8-6-4-5-7-9-14-12(2)15/h11H,4-10H2,1-3H3,(H,14,15)/t11-/m1/s1. The number of esters is 1. The molecule has 1 atom stereocenters. The summed E-state index contributed by atoms with van der Waals surface area (Å²) < 4.78 is 4.94. The van der Waals surface area contributed by atoms with Crippen molar-refractivity contribution < 1.29 is 14.3 Å². The summed E-state index contributed by atoms with van der Waals surface area (Å²) in [5.74, 6) is 0.279. The number of carbonyl (C=O) groups excluding carboxylic acids is 2. The van der Waals surface area contributed by atoms with Crippen LogP contribution >= 0.6 is 0 Å². The van der Waals surface area contributed by atoms with Crippen LogP contribution in [-0.4, -0.2) is 25.0 Å². The largest absolute Gasteiger partial charge is 0.466 e. The first-order chi connectivity index (χ1) is 8.02. The van der Waals surface area contributed by atoms with Gasteiger partial charge >= 0.3 is 5.97 Å². The fraction of sp³-hybridized carbons (Fsp3) is 0.846. The van der Waals surface area contributed by atoms with E-state index in [0.717, 1.165) is 32.2 Å². The van der Waals surface area contributed by atoms with Gasteiger partial charge in [0.1, 0.15) is 0 Å². The second-order valence-corrected chi connectivity index (χ2v) is 4.59. The number of rotatable bonds is 9. The molecular formula is C13H25NO3. The van der Waals surface area contributed by atoms with Crippen LogP contribution in [-0.2, 0) is 14.3 Å². The van der Waals surface area contributed by atoms with Crippen LogP contribution in [0.15, 0.2) is 0 Å². The van der Waals surface area contributed by atoms with E-state index in [2.05, 4.69) is 12.2 Å². The van der Waals surface area contributed by atoms with Gasteiger partial charge in [-0.1, -0.05) is 26.2 Å². The summed E-state index contributed by atoms with van der Waals surface area (Å²) in [6, 6.07) is 0. The Labute approximate surface area is 104 Å². The molecule has 0 aromatic rings. The van der Waals surface area contributed by atoms with E-state index in [4.69, 9.17) is 4.74 Å². The monoisotopic (exact) mass is 243 g/mol. The van der Waals surface area contributed by atoms with E-state index in [9.17, 15) is 9.59 Å². The third-order valence-corrected chi connectivity index (χ3v) is 2.57. The third kappa shape index (κ3) is 12.9. The third-order valence-electron chi connectivity index (χ3n) is 2.57. The van der Waals surface area contributed by atoms with Gasteiger partial charge in [-0.05, 0) is 18.8 Å². The lowest BCUT2D eigenvalue weighted by Gasteiger charge is -2.10. The Morgan fingerprint density at radius 1 is 1.12 bits per heavy atom. The lowest BCUT2D eigenvalue weighted by molar-refractivity contribution is -0.142. The molecule has 0 heterocycles. The summed E-state index contributed by atoms with van der Waals surface area (Å²) in [4.78, 5) is 21.2. The second kappa shape index (κ2) is 10.1. The predicted octanol–water partition coefficient (Wildman–Crippen LogP) is 2.27. The quantitative estimate of drug-likeness (QED) is 0.499. The van der Waals surface area contributed by atoms with Crippen molar-refractivity contribution in [3.8, 4) is 0 Å². The molecule has 17 heavy (non-hydrogen) atoms. The molecule has 0 aliphatic rings. The predicted molar refractivity (Wildman–Crippen MR) is 67.6 cm³/mol. The van der Waals surface area contributed by atoms with Gasteiger partial charge < -0.3 is 10.1 Å². The molecular weight excluding hydrogens is 218 g/mol. The summed E-state index contributed by atoms with van der Waals surface area (Å²) in [7, 11) is 0. The molecule has 0 aliphatic carbocycles. The first kappa shape index (κ1) is 15.9. The topological polar surface area (TPSA) is 55.4 Å². The Bertz CT molecular complexity index is 229. The maximum absolute atomic E-state index is 10.6. The van der Waals surface area contributed by atoms with E-state index in [0.29, 0.717) is 12.5 Å². The highest BCUT2D eigenvalue weighted by molar-refractivity contribution is 5.72. The SMILES string of the molecule is CC(=O)NCCCCCC[C@@H](C)COC(C)=O. The Morgan fingerprint density at radius 2 is 1.76 bits per heavy atom. The van der Waals surface area contributed by atoms with Crippen molar-refractivity contribution >= 4 is 11.9 Å². The van der Waals surface area contributed by atoms with Gasteiger partial charge in [-0.2, -0.15) is 0 Å². The maximum Gasteiger partial charge on any atom is 0.302 e. The van der Waals surface area contributed by atoms with Crippen molar-refractivity contribution in [2.75, 3.05) is 13.2 Å². The van der Waals surface area contributed by atoms with Gasteiger partial charge in [0.25, 0.3) is 0 Å². The highest BCUT2D eigenvalue weighted by atomic mass is 16.5. The van der Waals surface area contributed by atoms with Crippen molar-refractivity contribution in [1.29, 1.82) is 0 Å². The molecule has 0 fully saturated rings. The highest BCUT2D eigenvalue weighted by Crippen LogP contribution is 2.10. The minimum atomic E-state index is -0.202. The molecule has 0 saturated carbocycles. The zero-order chi connectivity index (χ0) is 13.1. The molecule has 100 valence electrons. The lowest BCUT2D eigenvalue weighted by Crippen LogP contribution is -2.20. The Hall–Kier alpha value is -1.06. The van der Waals surface area contributed by atoms with Gasteiger partial charge in [0, 0.05) is 20.4 Å². The van der Waals surface area contributed by atoms with Crippen molar-refractivity contribution in [2.24, 2.45) is 5.92 Å². The zero-order valence-corrected chi connectivity index (χ0v) is 11.3. The fourth-order valence-corrected chi connectivity index (χ4v) is 1.58. The minimum absolute atomic E-state index is 0.0417. The number of carbonyl (C=O) groups is 2. The first-order valence-corrected chi connectivity index (χ1v) is 6.40. The maximum atomic E-state index is 10.6. The van der Waals surface area contributed by atoms with Crippen LogP contribution in [0.4, 0.5) is 0 Å². The van der Waals surface area contributed by atoms with E-state index < -0.39 is 0 Å². The molecule has 0 bridgehead atoms. The summed E-state index contributed by atoms with van der Waals surface area (Å²) in [5, 5.41) is 2.78. The molecule has 0 saturated heterocycles. The number of nitrogens with one attached hydrogen (secondary N) is 1. The molecule has 0 aliphatic heterocycles. The molecule has 4 nitrogen and oxygen atoms in total. The van der Waals surface area contributed by atoms with Crippen LogP contribution in [0, 0.1) is 5.92 Å². The smallest absolute Gasteiger partial charge is 0.302 e. The number of amides is 1. The lowest BCUT2D eigenvalue weighted by atomic mass is 10.0. The van der Waals surface area contributed by atoms with Crippen LogP contribution < -0.4 is 5.32 Å². The van der Waals surface area contributed by atoms with Gasteiger partial charge in [-0.3, -0.25) is 9.59 Å². The second-order valence-electron chi connectivity index (χ2n) is 4.59. The minimum Gasteiger partial charge on any atom is -0.466 e. The zero-order valence-electron chi connectivity index (χ0n) is 11.3. The van der Waals surface area contributed by atoms with E-state index >= 15 is 0 Å². The van der Waals surface area contributed by atoms with Gasteiger partial charge in [0.15, 0.2) is 0 Å². The molecule has 0 radical (unpaired) electrons. The molecule has 4 heteroatoms. The van der Waals surface area contributed by atoms with Gasteiger partial charge in [0.05, 0.1) is 6.61 Å². The Balaban J connectivity index is 3.21. The van der Waals surface area contributed by atoms with Crippen molar-refractivity contribution in [2.45, 2.75) is 52.9 Å². The fourth-order valence-electron chi connectivity index (χ4n) is 1.58. The number of unbranched alkanes of at least 4 members (excludes halogenated alkanes) is 3. The molecule has 0 aromatic heterocycles. The summed E-state index contributed by atoms with van der Waals surface area (Å²) in [5.41, 5.74) is 0. The van der Waals surface area contributed by atoms with Crippen molar-refractivity contribution in [1.82, 2.24) is 5.32 Å². The van der Waals surface area contributed by atoms with E-state index in [1.807, 2.05) is 0 Å². The summed E-state index contributed by atoms with van der Waals surface area (Å²) >= 11 is 0. The van der Waals surface area contributed by atoms with Gasteiger partial charge in [-0.25, -0.2) is 0 Å². The van der Waals surface area contributed by atoms with Gasteiger partial charge in [0.2, 0.25) is 5.91 Å². The Morgan fingerprint density at radius 3 is 2.35 bits per heavy atom.